The predicted octanol–water partition coefficient (Wildman–Crippen LogP) is 0.448. The molecule has 26 heavy (non-hydrogen) atoms. The Morgan fingerprint density at radius 1 is 1.04 bits per heavy atom. The van der Waals surface area contributed by atoms with Crippen LogP contribution < -0.4 is 16.4 Å². The number of primary amides is 1. The first-order chi connectivity index (χ1) is 12.1. The maximum Gasteiger partial charge on any atom is 0.335 e. The Hall–Kier alpha value is -2.90. The molecule has 0 fully saturated rings. The third-order valence-corrected chi connectivity index (χ3v) is 3.70. The van der Waals surface area contributed by atoms with Crippen molar-refractivity contribution >= 4 is 23.7 Å². The zero-order valence-electron chi connectivity index (χ0n) is 15.1. The Bertz CT molecular complexity index is 670. The molecule has 0 aromatic heterocycles. The van der Waals surface area contributed by atoms with E-state index in [0.29, 0.717) is 12.0 Å². The van der Waals surface area contributed by atoms with Gasteiger partial charge in [-0.15, -0.1) is 0 Å². The summed E-state index contributed by atoms with van der Waals surface area (Å²) in [4.78, 5) is 46.3. The summed E-state index contributed by atoms with van der Waals surface area (Å²) in [5.74, 6) is -2.44. The van der Waals surface area contributed by atoms with Crippen molar-refractivity contribution in [1.82, 2.24) is 10.6 Å². The molecule has 0 heterocycles. The molecular formula is C18H25N3O5. The summed E-state index contributed by atoms with van der Waals surface area (Å²) >= 11 is 0. The lowest BCUT2D eigenvalue weighted by Gasteiger charge is -2.22. The quantitative estimate of drug-likeness (QED) is 0.504. The van der Waals surface area contributed by atoms with E-state index in [-0.39, 0.29) is 23.8 Å². The number of carbonyl (C=O) groups is 4. The number of nitrogens with two attached hydrogens (primary N) is 1. The number of hydrogen-bond donors (Lipinski definition) is 4. The van der Waals surface area contributed by atoms with E-state index in [1.54, 1.807) is 12.1 Å². The smallest absolute Gasteiger partial charge is 0.335 e. The summed E-state index contributed by atoms with van der Waals surface area (Å²) in [5, 5.41) is 14.0. The standard InChI is InChI=1S/C18H25N3O5/c1-10(2)8-15(20-11(3)22)17(24)21-14(16(19)23)9-12-4-6-13(7-5-12)18(25)26/h4-7,10,14-15H,8-9H2,1-3H3,(H2,19,23)(H,20,22)(H,21,24)(H,25,26)/t14-,15-/m0/s1. The zero-order chi connectivity index (χ0) is 19.9. The van der Waals surface area contributed by atoms with Crippen LogP contribution in [0.4, 0.5) is 0 Å². The fourth-order valence-corrected chi connectivity index (χ4v) is 2.46. The molecule has 0 radical (unpaired) electrons. The molecule has 8 nitrogen and oxygen atoms in total. The van der Waals surface area contributed by atoms with Gasteiger partial charge in [-0.25, -0.2) is 4.79 Å². The highest BCUT2D eigenvalue weighted by Gasteiger charge is 2.25. The molecule has 0 unspecified atom stereocenters. The third-order valence-electron chi connectivity index (χ3n) is 3.70. The second-order valence-electron chi connectivity index (χ2n) is 6.55. The van der Waals surface area contributed by atoms with Crippen LogP contribution in [-0.4, -0.2) is 40.9 Å². The molecule has 0 aliphatic heterocycles. The summed E-state index contributed by atoms with van der Waals surface area (Å²) in [7, 11) is 0. The highest BCUT2D eigenvalue weighted by molar-refractivity contribution is 5.91. The van der Waals surface area contributed by atoms with Crippen LogP contribution in [0.2, 0.25) is 0 Å². The Morgan fingerprint density at radius 2 is 1.62 bits per heavy atom. The molecule has 0 aliphatic carbocycles. The number of rotatable bonds is 9. The lowest BCUT2D eigenvalue weighted by atomic mass is 10.0. The van der Waals surface area contributed by atoms with Crippen LogP contribution >= 0.6 is 0 Å². The number of amides is 3. The highest BCUT2D eigenvalue weighted by Crippen LogP contribution is 2.09. The molecule has 0 saturated carbocycles. The van der Waals surface area contributed by atoms with Crippen molar-refractivity contribution in [2.75, 3.05) is 0 Å². The van der Waals surface area contributed by atoms with Gasteiger partial charge in [0.05, 0.1) is 5.56 Å². The van der Waals surface area contributed by atoms with Gasteiger partial charge < -0.3 is 21.5 Å². The summed E-state index contributed by atoms with van der Waals surface area (Å²) in [6.45, 7) is 5.14. The Balaban J connectivity index is 2.85. The molecule has 1 aromatic rings. The molecule has 142 valence electrons. The Kier molecular flexibility index (Phi) is 7.77. The minimum absolute atomic E-state index is 0.120. The number of nitrogens with one attached hydrogen (secondary N) is 2. The Labute approximate surface area is 152 Å². The van der Waals surface area contributed by atoms with Gasteiger partial charge in [-0.1, -0.05) is 26.0 Å². The lowest BCUT2D eigenvalue weighted by Crippen LogP contribution is -2.53. The first-order valence-electron chi connectivity index (χ1n) is 8.29. The van der Waals surface area contributed by atoms with Crippen LogP contribution in [-0.2, 0) is 20.8 Å². The van der Waals surface area contributed by atoms with Crippen LogP contribution in [0.3, 0.4) is 0 Å². The van der Waals surface area contributed by atoms with Crippen molar-refractivity contribution < 1.29 is 24.3 Å². The second-order valence-corrected chi connectivity index (χ2v) is 6.55. The van der Waals surface area contributed by atoms with Crippen molar-refractivity contribution in [1.29, 1.82) is 0 Å². The lowest BCUT2D eigenvalue weighted by molar-refractivity contribution is -0.131. The average Bonchev–Trinajstić information content (AvgIpc) is 2.53. The second kappa shape index (κ2) is 9.55. The predicted molar refractivity (Wildman–Crippen MR) is 95.3 cm³/mol. The average molecular weight is 363 g/mol. The number of carbonyl (C=O) groups excluding carboxylic acids is 3. The van der Waals surface area contributed by atoms with E-state index in [4.69, 9.17) is 10.8 Å². The first kappa shape index (κ1) is 21.1. The van der Waals surface area contributed by atoms with Gasteiger partial charge in [0.15, 0.2) is 0 Å². The van der Waals surface area contributed by atoms with Gasteiger partial charge in [0.2, 0.25) is 17.7 Å². The molecule has 0 aliphatic rings. The fraction of sp³-hybridized carbons (Fsp3) is 0.444. The maximum absolute atomic E-state index is 12.5. The van der Waals surface area contributed by atoms with Crippen LogP contribution in [0.25, 0.3) is 0 Å². The van der Waals surface area contributed by atoms with Crippen molar-refractivity contribution in [3.63, 3.8) is 0 Å². The van der Waals surface area contributed by atoms with E-state index in [1.807, 2.05) is 13.8 Å². The van der Waals surface area contributed by atoms with E-state index in [2.05, 4.69) is 10.6 Å². The van der Waals surface area contributed by atoms with Crippen LogP contribution in [0.15, 0.2) is 24.3 Å². The van der Waals surface area contributed by atoms with E-state index in [9.17, 15) is 19.2 Å². The molecule has 3 amide bonds. The largest absolute Gasteiger partial charge is 0.478 e. The van der Waals surface area contributed by atoms with Crippen molar-refractivity contribution in [2.45, 2.75) is 45.7 Å². The normalized spacial score (nSPS) is 12.9. The van der Waals surface area contributed by atoms with Crippen molar-refractivity contribution in [2.24, 2.45) is 11.7 Å². The van der Waals surface area contributed by atoms with Crippen LogP contribution in [0, 0.1) is 5.92 Å². The Morgan fingerprint density at radius 3 is 2.04 bits per heavy atom. The minimum Gasteiger partial charge on any atom is -0.478 e. The molecular weight excluding hydrogens is 338 g/mol. The van der Waals surface area contributed by atoms with Crippen LogP contribution in [0.5, 0.6) is 0 Å². The highest BCUT2D eigenvalue weighted by atomic mass is 16.4. The number of carboxylic acid groups (broad SMARTS) is 1. The number of carboxylic acids is 1. The van der Waals surface area contributed by atoms with Gasteiger partial charge in [-0.2, -0.15) is 0 Å². The summed E-state index contributed by atoms with van der Waals surface area (Å²) < 4.78 is 0. The summed E-state index contributed by atoms with van der Waals surface area (Å²) in [5.41, 5.74) is 6.15. The summed E-state index contributed by atoms with van der Waals surface area (Å²) in [6, 6.07) is 4.22. The van der Waals surface area contributed by atoms with Gasteiger partial charge in [0.25, 0.3) is 0 Å². The van der Waals surface area contributed by atoms with E-state index in [0.717, 1.165) is 0 Å². The molecule has 1 aromatic carbocycles. The van der Waals surface area contributed by atoms with Gasteiger partial charge in [-0.05, 0) is 30.0 Å². The van der Waals surface area contributed by atoms with Gasteiger partial charge in [0, 0.05) is 13.3 Å². The SMILES string of the molecule is CC(=O)N[C@@H](CC(C)C)C(=O)N[C@@H](Cc1ccc(C(=O)O)cc1)C(N)=O. The molecule has 0 spiro atoms. The zero-order valence-corrected chi connectivity index (χ0v) is 15.1. The molecule has 0 saturated heterocycles. The van der Waals surface area contributed by atoms with Crippen molar-refractivity contribution in [3.05, 3.63) is 35.4 Å². The number of benzene rings is 1. The first-order valence-corrected chi connectivity index (χ1v) is 8.29. The van der Waals surface area contributed by atoms with Gasteiger partial charge in [0.1, 0.15) is 12.1 Å². The third kappa shape index (κ3) is 6.92. The monoisotopic (exact) mass is 363 g/mol. The number of aromatic carboxylic acids is 1. The van der Waals surface area contributed by atoms with Gasteiger partial charge in [-0.3, -0.25) is 14.4 Å². The topological polar surface area (TPSA) is 139 Å². The number of hydrogen-bond acceptors (Lipinski definition) is 4. The van der Waals surface area contributed by atoms with E-state index < -0.39 is 29.9 Å². The van der Waals surface area contributed by atoms with E-state index >= 15 is 0 Å². The minimum atomic E-state index is -1.05. The fourth-order valence-electron chi connectivity index (χ4n) is 2.46. The van der Waals surface area contributed by atoms with Crippen LogP contribution in [0.1, 0.15) is 43.1 Å². The summed E-state index contributed by atoms with van der Waals surface area (Å²) in [6.07, 6.45) is 0.541. The molecule has 1 rings (SSSR count). The van der Waals surface area contributed by atoms with E-state index in [1.165, 1.54) is 19.1 Å². The molecule has 5 N–H and O–H groups in total. The molecule has 8 heteroatoms. The molecule has 0 bridgehead atoms. The maximum atomic E-state index is 12.5. The molecule has 2 atom stereocenters. The van der Waals surface area contributed by atoms with Gasteiger partial charge >= 0.3 is 5.97 Å². The van der Waals surface area contributed by atoms with Crippen molar-refractivity contribution in [3.8, 4) is 0 Å².